The number of hydrogen-bond donors (Lipinski definition) is 1. The van der Waals surface area contributed by atoms with Gasteiger partial charge in [0.05, 0.1) is 12.2 Å². The Morgan fingerprint density at radius 3 is 2.26 bits per heavy atom. The van der Waals surface area contributed by atoms with Crippen molar-refractivity contribution in [3.8, 4) is 0 Å². The summed E-state index contributed by atoms with van der Waals surface area (Å²) in [6, 6.07) is 7.81. The molecule has 1 fully saturated rings. The molecule has 1 saturated carbocycles. The second-order valence-corrected chi connectivity index (χ2v) is 6.39. The van der Waals surface area contributed by atoms with E-state index in [-0.39, 0.29) is 6.10 Å². The monoisotopic (exact) mass is 281 g/mol. The van der Waals surface area contributed by atoms with E-state index in [4.69, 9.17) is 22.1 Å². The molecular formula is C16H24ClNO. The van der Waals surface area contributed by atoms with Crippen LogP contribution in [0.1, 0.15) is 44.8 Å². The molecule has 2 nitrogen and oxygen atoms in total. The molecule has 0 aliphatic heterocycles. The van der Waals surface area contributed by atoms with E-state index < -0.39 is 0 Å². The molecule has 2 N–H and O–H groups in total. The van der Waals surface area contributed by atoms with E-state index in [1.165, 1.54) is 6.42 Å². The van der Waals surface area contributed by atoms with Gasteiger partial charge in [0.2, 0.25) is 0 Å². The summed E-state index contributed by atoms with van der Waals surface area (Å²) in [5.41, 5.74) is 6.99. The highest BCUT2D eigenvalue weighted by Crippen LogP contribution is 2.33. The van der Waals surface area contributed by atoms with Crippen molar-refractivity contribution in [1.82, 2.24) is 0 Å². The maximum atomic E-state index is 6.24. The van der Waals surface area contributed by atoms with Gasteiger partial charge >= 0.3 is 0 Å². The number of halogens is 1. The van der Waals surface area contributed by atoms with Gasteiger partial charge in [-0.25, -0.2) is 0 Å². The summed E-state index contributed by atoms with van der Waals surface area (Å²) in [4.78, 5) is 0. The van der Waals surface area contributed by atoms with Crippen LogP contribution in [0.25, 0.3) is 0 Å². The Balaban J connectivity index is 2.00. The minimum Gasteiger partial charge on any atom is -0.369 e. The number of rotatable bonds is 4. The highest BCUT2D eigenvalue weighted by Gasteiger charge is 2.26. The van der Waals surface area contributed by atoms with Crippen LogP contribution in [0.5, 0.6) is 0 Å². The number of nitrogens with two attached hydrogens (primary N) is 1. The minimum absolute atomic E-state index is 0.0141. The van der Waals surface area contributed by atoms with E-state index in [0.717, 1.165) is 35.3 Å². The largest absolute Gasteiger partial charge is 0.369 e. The van der Waals surface area contributed by atoms with Gasteiger partial charge in [0.1, 0.15) is 0 Å². The standard InChI is InChI=1S/C16H24ClNO/c1-11-7-12(2)9-15(8-11)19-16(10-18)13-3-5-14(17)6-4-13/h3-6,11-12,15-16H,7-10,18H2,1-2H3. The third-order valence-corrected chi connectivity index (χ3v) is 4.20. The van der Waals surface area contributed by atoms with Gasteiger partial charge in [-0.1, -0.05) is 37.6 Å². The first kappa shape index (κ1) is 14.8. The second kappa shape index (κ2) is 6.74. The molecule has 19 heavy (non-hydrogen) atoms. The number of ether oxygens (including phenoxy) is 1. The van der Waals surface area contributed by atoms with Gasteiger partial charge in [0.15, 0.2) is 0 Å². The van der Waals surface area contributed by atoms with Crippen LogP contribution in [0.4, 0.5) is 0 Å². The Kier molecular flexibility index (Phi) is 5.26. The van der Waals surface area contributed by atoms with Gasteiger partial charge in [0.25, 0.3) is 0 Å². The number of benzene rings is 1. The Morgan fingerprint density at radius 2 is 1.74 bits per heavy atom. The summed E-state index contributed by atoms with van der Waals surface area (Å²) >= 11 is 5.92. The first-order valence-electron chi connectivity index (χ1n) is 7.19. The summed E-state index contributed by atoms with van der Waals surface area (Å²) < 4.78 is 6.24. The topological polar surface area (TPSA) is 35.2 Å². The van der Waals surface area contributed by atoms with Crippen LogP contribution in [0.2, 0.25) is 5.02 Å². The molecule has 1 aliphatic carbocycles. The zero-order chi connectivity index (χ0) is 13.8. The van der Waals surface area contributed by atoms with E-state index in [2.05, 4.69) is 13.8 Å². The van der Waals surface area contributed by atoms with Crippen LogP contribution in [0.15, 0.2) is 24.3 Å². The summed E-state index contributed by atoms with van der Waals surface area (Å²) in [5.74, 6) is 1.50. The van der Waals surface area contributed by atoms with E-state index in [1.807, 2.05) is 24.3 Å². The van der Waals surface area contributed by atoms with Gasteiger partial charge in [-0.3, -0.25) is 0 Å². The first-order valence-corrected chi connectivity index (χ1v) is 7.57. The first-order chi connectivity index (χ1) is 9.08. The predicted molar refractivity (Wildman–Crippen MR) is 80.3 cm³/mol. The third-order valence-electron chi connectivity index (χ3n) is 3.95. The van der Waals surface area contributed by atoms with Crippen LogP contribution in [0, 0.1) is 11.8 Å². The van der Waals surface area contributed by atoms with Crippen molar-refractivity contribution in [2.24, 2.45) is 17.6 Å². The van der Waals surface area contributed by atoms with Crippen molar-refractivity contribution in [3.05, 3.63) is 34.9 Å². The van der Waals surface area contributed by atoms with E-state index in [9.17, 15) is 0 Å². The summed E-state index contributed by atoms with van der Waals surface area (Å²) in [6.45, 7) is 5.14. The van der Waals surface area contributed by atoms with Crippen LogP contribution < -0.4 is 5.73 Å². The van der Waals surface area contributed by atoms with Crippen molar-refractivity contribution >= 4 is 11.6 Å². The summed E-state index contributed by atoms with van der Waals surface area (Å²) in [6.07, 6.45) is 3.93. The van der Waals surface area contributed by atoms with Crippen LogP contribution in [-0.2, 0) is 4.74 Å². The molecule has 1 aliphatic rings. The van der Waals surface area contributed by atoms with Crippen molar-refractivity contribution in [3.63, 3.8) is 0 Å². The molecule has 0 spiro atoms. The van der Waals surface area contributed by atoms with Crippen molar-refractivity contribution in [2.75, 3.05) is 6.54 Å². The van der Waals surface area contributed by atoms with Gasteiger partial charge in [-0.05, 0) is 48.8 Å². The van der Waals surface area contributed by atoms with Gasteiger partial charge in [0, 0.05) is 11.6 Å². The van der Waals surface area contributed by atoms with Crippen molar-refractivity contribution in [2.45, 2.75) is 45.3 Å². The smallest absolute Gasteiger partial charge is 0.0950 e. The average Bonchev–Trinajstić information content (AvgIpc) is 2.36. The van der Waals surface area contributed by atoms with Gasteiger partial charge in [-0.2, -0.15) is 0 Å². The van der Waals surface area contributed by atoms with Crippen molar-refractivity contribution < 1.29 is 4.74 Å². The zero-order valence-electron chi connectivity index (χ0n) is 11.8. The molecule has 3 atom stereocenters. The molecule has 0 radical (unpaired) electrons. The summed E-state index contributed by atoms with van der Waals surface area (Å²) in [7, 11) is 0. The molecule has 106 valence electrons. The van der Waals surface area contributed by atoms with E-state index in [0.29, 0.717) is 12.6 Å². The highest BCUT2D eigenvalue weighted by molar-refractivity contribution is 6.30. The Hall–Kier alpha value is -0.570. The Labute approximate surface area is 121 Å². The molecule has 3 unspecified atom stereocenters. The van der Waals surface area contributed by atoms with Crippen molar-refractivity contribution in [1.29, 1.82) is 0 Å². The lowest BCUT2D eigenvalue weighted by Crippen LogP contribution is -2.29. The normalized spacial score (nSPS) is 29.2. The lowest BCUT2D eigenvalue weighted by molar-refractivity contribution is -0.0466. The maximum absolute atomic E-state index is 6.24. The van der Waals surface area contributed by atoms with E-state index in [1.54, 1.807) is 0 Å². The SMILES string of the molecule is CC1CC(C)CC(OC(CN)c2ccc(Cl)cc2)C1. The molecule has 0 aromatic heterocycles. The van der Waals surface area contributed by atoms with Crippen LogP contribution in [0.3, 0.4) is 0 Å². The molecule has 1 aromatic carbocycles. The van der Waals surface area contributed by atoms with E-state index >= 15 is 0 Å². The minimum atomic E-state index is -0.0141. The average molecular weight is 282 g/mol. The van der Waals surface area contributed by atoms with Crippen LogP contribution >= 0.6 is 11.6 Å². The second-order valence-electron chi connectivity index (χ2n) is 5.95. The Bertz CT molecular complexity index is 382. The lowest BCUT2D eigenvalue weighted by atomic mass is 9.81. The highest BCUT2D eigenvalue weighted by atomic mass is 35.5. The molecule has 2 rings (SSSR count). The van der Waals surface area contributed by atoms with Gasteiger partial charge in [-0.15, -0.1) is 0 Å². The zero-order valence-corrected chi connectivity index (χ0v) is 12.6. The fourth-order valence-corrected chi connectivity index (χ4v) is 3.29. The molecule has 1 aromatic rings. The van der Waals surface area contributed by atoms with Crippen LogP contribution in [-0.4, -0.2) is 12.6 Å². The van der Waals surface area contributed by atoms with Gasteiger partial charge < -0.3 is 10.5 Å². The molecular weight excluding hydrogens is 258 g/mol. The fraction of sp³-hybridized carbons (Fsp3) is 0.625. The number of hydrogen-bond acceptors (Lipinski definition) is 2. The quantitative estimate of drug-likeness (QED) is 0.898. The Morgan fingerprint density at radius 1 is 1.16 bits per heavy atom. The fourth-order valence-electron chi connectivity index (χ4n) is 3.16. The molecule has 0 bridgehead atoms. The lowest BCUT2D eigenvalue weighted by Gasteiger charge is -2.33. The molecule has 0 heterocycles. The third kappa shape index (κ3) is 4.20. The predicted octanol–water partition coefficient (Wildman–Crippen LogP) is 4.18. The summed E-state index contributed by atoms with van der Waals surface area (Å²) in [5, 5.41) is 0.749. The molecule has 0 saturated heterocycles. The maximum Gasteiger partial charge on any atom is 0.0950 e. The molecule has 3 heteroatoms. The molecule has 0 amide bonds.